The Hall–Kier alpha value is -2.61. The number of aromatic nitrogens is 3. The maximum Gasteiger partial charge on any atom is 0.217 e. The number of hydrogen-bond donors (Lipinski definition) is 1. The molecule has 0 radical (unpaired) electrons. The van der Waals surface area contributed by atoms with Gasteiger partial charge in [-0.25, -0.2) is 0 Å². The standard InChI is InChI=1S/C22H33N5O3/c1-15(2)13-18(23-16(3)28)22-25-24-21-9-10-26(11-12-27(21)22)14-17-19(29-4)7-6-8-20(17)30-5/h6-8,15,18H,9-14H2,1-5H3,(H,23,28). The molecule has 1 N–H and O–H groups in total. The maximum atomic E-state index is 11.7. The van der Waals surface area contributed by atoms with Crippen LogP contribution in [0.5, 0.6) is 11.5 Å². The van der Waals surface area contributed by atoms with Gasteiger partial charge >= 0.3 is 0 Å². The van der Waals surface area contributed by atoms with E-state index in [1.807, 2.05) is 18.2 Å². The highest BCUT2D eigenvalue weighted by atomic mass is 16.5. The van der Waals surface area contributed by atoms with Gasteiger partial charge in [0, 0.05) is 39.5 Å². The first-order valence-corrected chi connectivity index (χ1v) is 10.5. The van der Waals surface area contributed by atoms with Crippen LogP contribution in [0.3, 0.4) is 0 Å². The minimum Gasteiger partial charge on any atom is -0.496 e. The number of amides is 1. The molecule has 30 heavy (non-hydrogen) atoms. The monoisotopic (exact) mass is 415 g/mol. The van der Waals surface area contributed by atoms with Crippen LogP contribution in [0, 0.1) is 5.92 Å². The summed E-state index contributed by atoms with van der Waals surface area (Å²) in [6, 6.07) is 5.75. The maximum absolute atomic E-state index is 11.7. The lowest BCUT2D eigenvalue weighted by Crippen LogP contribution is -2.31. The van der Waals surface area contributed by atoms with Crippen LogP contribution in [0.25, 0.3) is 0 Å². The Kier molecular flexibility index (Phi) is 7.31. The second-order valence-corrected chi connectivity index (χ2v) is 8.18. The number of benzene rings is 1. The molecule has 0 saturated carbocycles. The van der Waals surface area contributed by atoms with Gasteiger partial charge in [0.1, 0.15) is 17.3 Å². The molecule has 2 heterocycles. The summed E-state index contributed by atoms with van der Waals surface area (Å²) in [4.78, 5) is 14.1. The summed E-state index contributed by atoms with van der Waals surface area (Å²) in [7, 11) is 3.37. The van der Waals surface area contributed by atoms with Gasteiger partial charge < -0.3 is 19.4 Å². The predicted octanol–water partition coefficient (Wildman–Crippen LogP) is 2.58. The van der Waals surface area contributed by atoms with Crippen molar-refractivity contribution in [2.45, 2.75) is 52.7 Å². The van der Waals surface area contributed by atoms with Gasteiger partial charge in [-0.05, 0) is 24.5 Å². The Morgan fingerprint density at radius 1 is 1.13 bits per heavy atom. The lowest BCUT2D eigenvalue weighted by atomic mass is 10.0. The molecule has 8 nitrogen and oxygen atoms in total. The van der Waals surface area contributed by atoms with Gasteiger partial charge in [0.2, 0.25) is 5.91 Å². The summed E-state index contributed by atoms with van der Waals surface area (Å²) in [5.74, 6) is 3.89. The highest BCUT2D eigenvalue weighted by Crippen LogP contribution is 2.30. The molecular formula is C22H33N5O3. The van der Waals surface area contributed by atoms with Crippen molar-refractivity contribution < 1.29 is 14.3 Å². The minimum atomic E-state index is -0.121. The van der Waals surface area contributed by atoms with E-state index in [-0.39, 0.29) is 11.9 Å². The van der Waals surface area contributed by atoms with E-state index in [1.165, 1.54) is 0 Å². The molecule has 0 saturated heterocycles. The Morgan fingerprint density at radius 2 is 1.83 bits per heavy atom. The van der Waals surface area contributed by atoms with Crippen LogP contribution in [0.1, 0.15) is 50.4 Å². The van der Waals surface area contributed by atoms with Crippen molar-refractivity contribution >= 4 is 5.91 Å². The van der Waals surface area contributed by atoms with Gasteiger partial charge in [-0.3, -0.25) is 9.69 Å². The third-order valence-electron chi connectivity index (χ3n) is 5.46. The van der Waals surface area contributed by atoms with E-state index in [2.05, 4.69) is 38.8 Å². The number of methoxy groups -OCH3 is 2. The number of rotatable bonds is 8. The fraction of sp³-hybridized carbons (Fsp3) is 0.591. The normalized spacial score (nSPS) is 15.4. The van der Waals surface area contributed by atoms with Crippen LogP contribution in [-0.2, 0) is 24.3 Å². The number of carbonyl (C=O) groups excluding carboxylic acids is 1. The van der Waals surface area contributed by atoms with Gasteiger partial charge in [-0.2, -0.15) is 0 Å². The SMILES string of the molecule is COc1cccc(OC)c1CN1CCc2nnc(C(CC(C)C)NC(C)=O)n2CC1. The van der Waals surface area contributed by atoms with Crippen LogP contribution >= 0.6 is 0 Å². The van der Waals surface area contributed by atoms with Gasteiger partial charge in [0.15, 0.2) is 5.82 Å². The summed E-state index contributed by atoms with van der Waals surface area (Å²) in [6.45, 7) is 9.09. The van der Waals surface area contributed by atoms with Crippen molar-refractivity contribution in [3.05, 3.63) is 35.4 Å². The molecule has 1 aromatic heterocycles. The molecule has 164 valence electrons. The second-order valence-electron chi connectivity index (χ2n) is 8.18. The summed E-state index contributed by atoms with van der Waals surface area (Å²) in [6.07, 6.45) is 1.64. The molecule has 0 spiro atoms. The minimum absolute atomic E-state index is 0.0449. The number of hydrogen-bond acceptors (Lipinski definition) is 6. The molecule has 2 aromatic rings. The molecular weight excluding hydrogens is 382 g/mol. The molecule has 0 aliphatic carbocycles. The van der Waals surface area contributed by atoms with Crippen LogP contribution in [0.2, 0.25) is 0 Å². The lowest BCUT2D eigenvalue weighted by molar-refractivity contribution is -0.119. The predicted molar refractivity (Wildman–Crippen MR) is 115 cm³/mol. The number of nitrogens with one attached hydrogen (secondary N) is 1. The first-order chi connectivity index (χ1) is 14.4. The second kappa shape index (κ2) is 9.93. The largest absolute Gasteiger partial charge is 0.496 e. The number of nitrogens with zero attached hydrogens (tertiary/aromatic N) is 4. The Bertz CT molecular complexity index is 842. The molecule has 3 rings (SSSR count). The summed E-state index contributed by atoms with van der Waals surface area (Å²) in [5, 5.41) is 12.0. The van der Waals surface area contributed by atoms with Crippen molar-refractivity contribution in [3.8, 4) is 11.5 Å². The van der Waals surface area contributed by atoms with Crippen LogP contribution in [0.4, 0.5) is 0 Å². The Balaban J connectivity index is 1.78. The smallest absolute Gasteiger partial charge is 0.217 e. The fourth-order valence-corrected chi connectivity index (χ4v) is 4.06. The number of ether oxygens (including phenoxy) is 2. The van der Waals surface area contributed by atoms with Crippen LogP contribution in [0.15, 0.2) is 18.2 Å². The summed E-state index contributed by atoms with van der Waals surface area (Å²) < 4.78 is 13.3. The molecule has 0 fully saturated rings. The lowest BCUT2D eigenvalue weighted by Gasteiger charge is -2.23. The van der Waals surface area contributed by atoms with Gasteiger partial charge in [-0.1, -0.05) is 19.9 Å². The van der Waals surface area contributed by atoms with E-state index in [4.69, 9.17) is 9.47 Å². The van der Waals surface area contributed by atoms with Crippen molar-refractivity contribution in [1.29, 1.82) is 0 Å². The molecule has 1 aliphatic rings. The molecule has 8 heteroatoms. The van der Waals surface area contributed by atoms with Gasteiger partial charge in [-0.15, -0.1) is 10.2 Å². The third kappa shape index (κ3) is 5.11. The molecule has 1 aliphatic heterocycles. The highest BCUT2D eigenvalue weighted by Gasteiger charge is 2.26. The zero-order valence-electron chi connectivity index (χ0n) is 18.6. The summed E-state index contributed by atoms with van der Waals surface area (Å²) in [5.41, 5.74) is 1.05. The molecule has 1 amide bonds. The van der Waals surface area contributed by atoms with E-state index in [0.717, 1.165) is 67.7 Å². The van der Waals surface area contributed by atoms with Crippen LogP contribution in [-0.4, -0.2) is 52.9 Å². The van der Waals surface area contributed by atoms with Crippen molar-refractivity contribution in [1.82, 2.24) is 25.0 Å². The molecule has 1 unspecified atom stereocenters. The average molecular weight is 416 g/mol. The average Bonchev–Trinajstić information content (AvgIpc) is 3.01. The Labute approximate surface area is 178 Å². The van der Waals surface area contributed by atoms with E-state index < -0.39 is 0 Å². The topological polar surface area (TPSA) is 81.5 Å². The van der Waals surface area contributed by atoms with E-state index in [9.17, 15) is 4.79 Å². The fourth-order valence-electron chi connectivity index (χ4n) is 4.06. The first-order valence-electron chi connectivity index (χ1n) is 10.5. The van der Waals surface area contributed by atoms with E-state index in [0.29, 0.717) is 5.92 Å². The first kappa shape index (κ1) is 22.1. The quantitative estimate of drug-likeness (QED) is 0.714. The van der Waals surface area contributed by atoms with E-state index >= 15 is 0 Å². The molecule has 1 atom stereocenters. The zero-order valence-corrected chi connectivity index (χ0v) is 18.6. The number of carbonyl (C=O) groups is 1. The van der Waals surface area contributed by atoms with Gasteiger partial charge in [0.05, 0.1) is 25.8 Å². The van der Waals surface area contributed by atoms with Crippen molar-refractivity contribution in [2.75, 3.05) is 27.3 Å². The summed E-state index contributed by atoms with van der Waals surface area (Å²) >= 11 is 0. The van der Waals surface area contributed by atoms with Crippen molar-refractivity contribution in [3.63, 3.8) is 0 Å². The van der Waals surface area contributed by atoms with Gasteiger partial charge in [0.25, 0.3) is 0 Å². The van der Waals surface area contributed by atoms with E-state index in [1.54, 1.807) is 21.1 Å². The number of fused-ring (bicyclic) bond motifs is 1. The molecule has 1 aromatic carbocycles. The molecule has 0 bridgehead atoms. The highest BCUT2D eigenvalue weighted by molar-refractivity contribution is 5.73. The zero-order chi connectivity index (χ0) is 21.7. The Morgan fingerprint density at radius 3 is 2.43 bits per heavy atom. The third-order valence-corrected chi connectivity index (χ3v) is 5.46. The van der Waals surface area contributed by atoms with Crippen molar-refractivity contribution in [2.24, 2.45) is 5.92 Å². The van der Waals surface area contributed by atoms with Crippen LogP contribution < -0.4 is 14.8 Å².